The van der Waals surface area contributed by atoms with Crippen molar-refractivity contribution in [2.24, 2.45) is 17.3 Å². The van der Waals surface area contributed by atoms with Crippen LogP contribution in [-0.2, 0) is 91.7 Å². The third-order valence-corrected chi connectivity index (χ3v) is 20.7. The van der Waals surface area contributed by atoms with Crippen LogP contribution in [0, 0.1) is 40.5 Å². The normalized spacial score (nSPS) is 17.1. The molecule has 4 bridgehead atoms. The Hall–Kier alpha value is -7.27. The van der Waals surface area contributed by atoms with Gasteiger partial charge in [0.05, 0.1) is 87.3 Å². The third-order valence-electron chi connectivity index (χ3n) is 17.4. The minimum absolute atomic E-state index is 0. The number of hydrogen-bond acceptors (Lipinski definition) is 22. The maximum atomic E-state index is 13.6. The molecule has 4 aromatic rings. The zero-order valence-corrected chi connectivity index (χ0v) is 71.1. The fraction of sp³-hybridized carbons (Fsp3) is 0.493. The number of alkyl halides is 10. The second kappa shape index (κ2) is 45.4. The number of halogens is 14. The van der Waals surface area contributed by atoms with Crippen molar-refractivity contribution in [1.82, 2.24) is 0 Å². The van der Waals surface area contributed by atoms with Gasteiger partial charge in [-0.05, 0) is 128 Å². The van der Waals surface area contributed by atoms with Crippen molar-refractivity contribution in [2.45, 2.75) is 146 Å². The summed E-state index contributed by atoms with van der Waals surface area (Å²) in [6.45, 7) is 35.6. The van der Waals surface area contributed by atoms with Gasteiger partial charge in [0.25, 0.3) is 0 Å². The second-order valence-electron chi connectivity index (χ2n) is 27.6. The molecule has 4 aliphatic carbocycles. The van der Waals surface area contributed by atoms with E-state index in [0.717, 1.165) is 23.5 Å². The Morgan fingerprint density at radius 1 is 0.573 bits per heavy atom. The minimum atomic E-state index is -6.44. The van der Waals surface area contributed by atoms with Crippen LogP contribution in [-0.4, -0.2) is 193 Å². The van der Waals surface area contributed by atoms with E-state index in [9.17, 15) is 137 Å². The van der Waals surface area contributed by atoms with Gasteiger partial charge in [-0.15, -0.1) is 0 Å². The fourth-order valence-corrected chi connectivity index (χ4v) is 13.6. The molecule has 654 valence electrons. The number of ether oxygens (including phenoxy) is 5. The van der Waals surface area contributed by atoms with E-state index in [-0.39, 0.29) is 90.2 Å². The van der Waals surface area contributed by atoms with Crippen LogP contribution in [0.3, 0.4) is 0 Å². The van der Waals surface area contributed by atoms with Crippen LogP contribution >= 0.6 is 0 Å². The molecule has 4 saturated carbocycles. The van der Waals surface area contributed by atoms with Gasteiger partial charge in [0.15, 0.2) is 38.5 Å². The first-order valence-electron chi connectivity index (χ1n) is 34.7. The molecule has 4 fully saturated rings. The summed E-state index contributed by atoms with van der Waals surface area (Å²) in [5.74, 6) is -22.8. The van der Waals surface area contributed by atoms with Gasteiger partial charge in [-0.1, -0.05) is 105 Å². The molecular weight excluding hydrogens is 1690 g/mol. The maximum absolute atomic E-state index is 13.6. The molecule has 44 heteroatoms. The molecule has 0 radical (unpaired) electrons. The van der Waals surface area contributed by atoms with Gasteiger partial charge in [-0.2, -0.15) is 52.7 Å². The molecule has 2 atom stereocenters. The Morgan fingerprint density at radius 2 is 0.983 bits per heavy atom. The van der Waals surface area contributed by atoms with Gasteiger partial charge in [-0.3, -0.25) is 4.79 Å². The number of carbonyl (C=O) groups is 5. The molecule has 0 saturated heterocycles. The number of hydrogen-bond donors (Lipinski definition) is 2. The Kier molecular flexibility index (Phi) is 42.6. The van der Waals surface area contributed by atoms with E-state index < -0.39 is 163 Å². The first-order chi connectivity index (χ1) is 52.8. The average Bonchev–Trinajstić information content (AvgIpc) is 0.708. The molecule has 2 unspecified atom stereocenters. The van der Waals surface area contributed by atoms with Crippen molar-refractivity contribution in [1.29, 1.82) is 0 Å². The summed E-state index contributed by atoms with van der Waals surface area (Å²) in [4.78, 5) is 59.3. The molecule has 0 aromatic heterocycles. The van der Waals surface area contributed by atoms with E-state index >= 15 is 0 Å². The monoisotopic (exact) mass is 1780 g/mol. The van der Waals surface area contributed by atoms with Crippen LogP contribution in [0.4, 0.5) is 61.5 Å². The van der Waals surface area contributed by atoms with Gasteiger partial charge in [0.1, 0.15) is 33.8 Å². The quantitative estimate of drug-likeness (QED) is 0.00704. The minimum Gasteiger partial charge on any atom is -0.748 e. The van der Waals surface area contributed by atoms with Crippen molar-refractivity contribution in [2.75, 3.05) is 72.8 Å². The molecule has 2 N–H and O–H groups in total. The topological polar surface area (TPSA) is 369 Å². The number of quaternary nitrogens is 3. The van der Waals surface area contributed by atoms with Crippen LogP contribution in [0.25, 0.3) is 12.2 Å². The molecule has 117 heavy (non-hydrogen) atoms. The summed E-state index contributed by atoms with van der Waals surface area (Å²) in [6.07, 6.45) is -9.32. The van der Waals surface area contributed by atoms with Gasteiger partial charge in [0, 0.05) is 23.1 Å². The van der Waals surface area contributed by atoms with E-state index in [1.807, 2.05) is 0 Å². The van der Waals surface area contributed by atoms with Crippen LogP contribution in [0.5, 0.6) is 5.75 Å². The van der Waals surface area contributed by atoms with Gasteiger partial charge in [0.2, 0.25) is 17.4 Å². The summed E-state index contributed by atoms with van der Waals surface area (Å²) in [6, 6.07) is 22.3. The van der Waals surface area contributed by atoms with Crippen molar-refractivity contribution < 1.29 is 205 Å². The number of nitrogens with one attached hydrogen (secondary N) is 2. The van der Waals surface area contributed by atoms with Gasteiger partial charge >= 0.3 is 87.9 Å². The van der Waals surface area contributed by atoms with Crippen molar-refractivity contribution in [3.63, 3.8) is 0 Å². The first-order valence-corrected chi connectivity index (χ1v) is 40.5. The summed E-state index contributed by atoms with van der Waals surface area (Å²) < 4.78 is 334. The number of nitrogens with zero attached hydrogens (tertiary/aromatic N) is 1. The number of carbonyl (C=O) groups excluding carboxylic acids is 5. The molecule has 0 heterocycles. The van der Waals surface area contributed by atoms with Crippen molar-refractivity contribution in [3.8, 4) is 5.75 Å². The Balaban J connectivity index is 0.00000142. The third kappa shape index (κ3) is 33.3. The molecule has 0 amide bonds. The van der Waals surface area contributed by atoms with E-state index in [1.165, 1.54) is 94.2 Å². The average molecular weight is 1780 g/mol. The molecule has 0 spiro atoms. The zero-order valence-electron chi connectivity index (χ0n) is 65.8. The number of rotatable bonds is 27. The summed E-state index contributed by atoms with van der Waals surface area (Å²) in [5, 5.41) is -9.74. The van der Waals surface area contributed by atoms with Crippen molar-refractivity contribution >= 4 is 82.5 Å². The SMILES string of the molecule is C=C(C)C(=O)OC12CC3CC(C1)CC(C(=O)OC(CS(=O)(=O)[O-])(C(F)(F)F)C(F)(F)F)(C3)C2.C=C(C)C(=O)Oc1c(F)c(F)c(S(=O)(=O)[O-])c(F)c1F.C=Cc1ccc(C(=O)OCC(F)(F)S(=O)(=O)[O-])cc1.C=Cc1ccc(COC(=O)C(F)(F)S(=O)(=O)[O-])cc1.CC[NH+](CC)CC.CC[NH+](CC)CC.C[N+](C)(C)Cc1ccccc1.[Na+]. The summed E-state index contributed by atoms with van der Waals surface area (Å²) in [5.41, 5.74) is -5.81. The predicted octanol–water partition coefficient (Wildman–Crippen LogP) is 6.92. The molecular formula is C73H92F14N3NaO22S4. The fourth-order valence-electron chi connectivity index (χ4n) is 11.7. The van der Waals surface area contributed by atoms with Crippen LogP contribution in [0.2, 0.25) is 0 Å². The molecule has 4 aliphatic rings. The van der Waals surface area contributed by atoms with E-state index in [2.05, 4.69) is 138 Å². The smallest absolute Gasteiger partial charge is 0.748 e. The van der Waals surface area contributed by atoms with E-state index in [4.69, 9.17) is 4.74 Å². The van der Waals surface area contributed by atoms with Crippen molar-refractivity contribution in [3.05, 3.63) is 167 Å². The Morgan fingerprint density at radius 3 is 1.32 bits per heavy atom. The first kappa shape index (κ1) is 110. The van der Waals surface area contributed by atoms with Crippen LogP contribution in [0.1, 0.15) is 127 Å². The van der Waals surface area contributed by atoms with E-state index in [1.54, 1.807) is 28.0 Å². The van der Waals surface area contributed by atoms with Gasteiger partial charge in [-0.25, -0.2) is 61.6 Å². The predicted molar refractivity (Wildman–Crippen MR) is 387 cm³/mol. The second-order valence-corrected chi connectivity index (χ2v) is 33.2. The Bertz CT molecular complexity index is 4450. The van der Waals surface area contributed by atoms with Crippen LogP contribution in [0.15, 0.2) is 121 Å². The number of esters is 5. The van der Waals surface area contributed by atoms with Gasteiger partial charge < -0.3 is 56.2 Å². The largest absolute Gasteiger partial charge is 1.00 e. The maximum Gasteiger partial charge on any atom is 1.00 e. The standard InChI is InChI=1S/C19H22F6O7S.2C11H10F2O5S.C10H6F4O5S.C10H16N.2C6H15N.Na/c1-10(2)13(26)31-16-6-11-3-12(7-16)5-15(4-11,8-16)14(27)32-17(18(20,21)22,19(23,24)25)9-33(28,29)30;1-2-8-3-5-9(6-4-8)10(14)18-7-11(12,13)19(15,16)17;1-2-8-3-5-9(6-4-8)7-18-10(14)11(12,13)19(15,16)17;1-3(2)10(15)19-8-4(11)6(13)9(20(16,17)18)7(14)5(8)12;1-11(2,3)9-10-7-5-4-6-8-10;2*1-4-7(5-2)6-3;/h11-12H,1,3-9H2,2H3,(H,28,29,30);2*2-6H,1,7H2,(H,15,16,17);1H2,2H3,(H,16,17,18);4-8H,9H2,1-3H3;2*4-6H2,1-3H3;/q;;;;+1;;;+1/p-2. The van der Waals surface area contributed by atoms with E-state index in [0.29, 0.717) is 17.5 Å². The molecule has 0 aliphatic heterocycles. The van der Waals surface area contributed by atoms with Crippen LogP contribution < -0.4 is 44.1 Å². The summed E-state index contributed by atoms with van der Waals surface area (Å²) in [7, 11) is -17.3. The summed E-state index contributed by atoms with van der Waals surface area (Å²) >= 11 is 0. The molecule has 25 nitrogen and oxygen atoms in total. The zero-order chi connectivity index (χ0) is 90.2. The molecule has 4 aromatic carbocycles. The molecule has 8 rings (SSSR count). The number of benzene rings is 4. The Labute approximate surface area is 692 Å².